The lowest BCUT2D eigenvalue weighted by atomic mass is 9.88. The highest BCUT2D eigenvalue weighted by atomic mass is 32.1. The van der Waals surface area contributed by atoms with E-state index >= 15 is 0 Å². The van der Waals surface area contributed by atoms with Crippen LogP contribution in [0.2, 0.25) is 0 Å². The van der Waals surface area contributed by atoms with E-state index in [2.05, 4.69) is 17.7 Å². The molecule has 0 saturated heterocycles. The fourth-order valence-corrected chi connectivity index (χ4v) is 3.01. The molecule has 1 aromatic rings. The highest BCUT2D eigenvalue weighted by Gasteiger charge is 2.33. The summed E-state index contributed by atoms with van der Waals surface area (Å²) in [4.78, 5) is 13.9. The average Bonchev–Trinajstić information content (AvgIpc) is 2.81. The van der Waals surface area contributed by atoms with Crippen LogP contribution in [0.25, 0.3) is 0 Å². The Hall–Kier alpha value is -0.970. The van der Waals surface area contributed by atoms with Crippen molar-refractivity contribution in [1.29, 1.82) is 0 Å². The third-order valence-electron chi connectivity index (χ3n) is 3.86. The number of aromatic nitrogens is 2. The Labute approximate surface area is 113 Å². The van der Waals surface area contributed by atoms with Gasteiger partial charge in [-0.05, 0) is 24.0 Å². The van der Waals surface area contributed by atoms with Crippen LogP contribution in [0.5, 0.6) is 0 Å². The fraction of sp³-hybridized carbons (Fsp3) is 0.692. The topological polar surface area (TPSA) is 38.1 Å². The zero-order valence-corrected chi connectivity index (χ0v) is 12.0. The van der Waals surface area contributed by atoms with Gasteiger partial charge in [0.15, 0.2) is 0 Å². The van der Waals surface area contributed by atoms with E-state index < -0.39 is 0 Å². The van der Waals surface area contributed by atoms with Crippen molar-refractivity contribution in [2.45, 2.75) is 32.2 Å². The predicted octanol–water partition coefficient (Wildman–Crippen LogP) is 1.80. The van der Waals surface area contributed by atoms with Crippen LogP contribution >= 0.6 is 12.6 Å². The Balaban J connectivity index is 2.21. The van der Waals surface area contributed by atoms with E-state index in [9.17, 15) is 4.79 Å². The molecule has 0 aromatic carbocycles. The third-order valence-corrected chi connectivity index (χ3v) is 4.53. The number of hydrogen-bond acceptors (Lipinski definition) is 4. The minimum atomic E-state index is -0.0192. The minimum Gasteiger partial charge on any atom is -0.376 e. The Morgan fingerprint density at radius 1 is 1.44 bits per heavy atom. The first-order chi connectivity index (χ1) is 8.56. The second-order valence-corrected chi connectivity index (χ2v) is 5.79. The molecule has 1 aliphatic rings. The van der Waals surface area contributed by atoms with Crippen LogP contribution in [0.3, 0.4) is 0 Å². The van der Waals surface area contributed by atoms with Crippen LogP contribution in [0.4, 0.5) is 5.69 Å². The zero-order chi connectivity index (χ0) is 13.2. The largest absolute Gasteiger partial charge is 0.376 e. The first kappa shape index (κ1) is 13.5. The number of thiol groups is 1. The summed E-state index contributed by atoms with van der Waals surface area (Å²) in [5.41, 5.74) is 0.997. The van der Waals surface area contributed by atoms with Gasteiger partial charge in [0.2, 0.25) is 0 Å². The van der Waals surface area contributed by atoms with Gasteiger partial charge in [-0.15, -0.1) is 0 Å². The van der Waals surface area contributed by atoms with Crippen LogP contribution in [-0.4, -0.2) is 29.6 Å². The van der Waals surface area contributed by atoms with E-state index in [0.717, 1.165) is 24.3 Å². The van der Waals surface area contributed by atoms with Gasteiger partial charge in [0, 0.05) is 20.2 Å². The molecule has 4 nitrogen and oxygen atoms in total. The molecule has 1 aromatic heterocycles. The first-order valence-electron chi connectivity index (χ1n) is 6.42. The highest BCUT2D eigenvalue weighted by molar-refractivity contribution is 7.80. The van der Waals surface area contributed by atoms with E-state index in [1.165, 1.54) is 12.8 Å². The summed E-state index contributed by atoms with van der Waals surface area (Å²) < 4.78 is 1.59. The Kier molecular flexibility index (Phi) is 4.00. The predicted molar refractivity (Wildman–Crippen MR) is 77.6 cm³/mol. The molecule has 100 valence electrons. The monoisotopic (exact) mass is 267 g/mol. The van der Waals surface area contributed by atoms with Gasteiger partial charge in [-0.25, -0.2) is 4.68 Å². The Bertz CT molecular complexity index is 464. The van der Waals surface area contributed by atoms with Crippen LogP contribution < -0.4 is 10.5 Å². The second kappa shape index (κ2) is 5.34. The normalized spacial score (nSPS) is 17.9. The quantitative estimate of drug-likeness (QED) is 0.845. The van der Waals surface area contributed by atoms with Crippen molar-refractivity contribution in [3.05, 3.63) is 22.6 Å². The van der Waals surface area contributed by atoms with Crippen LogP contribution in [0.1, 0.15) is 25.7 Å². The van der Waals surface area contributed by atoms with Crippen LogP contribution in [0.15, 0.2) is 17.1 Å². The van der Waals surface area contributed by atoms with Gasteiger partial charge in [-0.2, -0.15) is 17.7 Å². The summed E-state index contributed by atoms with van der Waals surface area (Å²) in [5.74, 6) is 0.830. The maximum atomic E-state index is 12.0. The van der Waals surface area contributed by atoms with Crippen molar-refractivity contribution in [1.82, 2.24) is 9.78 Å². The van der Waals surface area contributed by atoms with Gasteiger partial charge in [0.05, 0.1) is 18.4 Å². The molecule has 0 amide bonds. The van der Waals surface area contributed by atoms with Gasteiger partial charge >= 0.3 is 0 Å². The summed E-state index contributed by atoms with van der Waals surface area (Å²) in [5, 5.41) is 4.28. The first-order valence-corrected chi connectivity index (χ1v) is 7.05. The van der Waals surface area contributed by atoms with Gasteiger partial charge in [0.25, 0.3) is 5.56 Å². The fourth-order valence-electron chi connectivity index (χ4n) is 2.60. The molecule has 1 aliphatic carbocycles. The molecule has 2 rings (SSSR count). The third kappa shape index (κ3) is 2.71. The molecule has 0 bridgehead atoms. The van der Waals surface area contributed by atoms with Crippen molar-refractivity contribution in [3.8, 4) is 0 Å². The molecule has 0 spiro atoms. The van der Waals surface area contributed by atoms with Crippen molar-refractivity contribution < 1.29 is 0 Å². The van der Waals surface area contributed by atoms with Crippen molar-refractivity contribution in [2.24, 2.45) is 5.41 Å². The molecule has 0 aliphatic heterocycles. The average molecular weight is 267 g/mol. The Morgan fingerprint density at radius 2 is 2.11 bits per heavy atom. The van der Waals surface area contributed by atoms with Gasteiger partial charge in [-0.1, -0.05) is 12.8 Å². The summed E-state index contributed by atoms with van der Waals surface area (Å²) in [6.07, 6.45) is 6.54. The lowest BCUT2D eigenvalue weighted by Crippen LogP contribution is -2.33. The number of nitrogens with zero attached hydrogens (tertiary/aromatic N) is 3. The van der Waals surface area contributed by atoms with Crippen molar-refractivity contribution in [2.75, 3.05) is 24.7 Å². The summed E-state index contributed by atoms with van der Waals surface area (Å²) in [6, 6.07) is 1.65. The molecule has 0 atom stereocenters. The highest BCUT2D eigenvalue weighted by Crippen LogP contribution is 2.40. The second-order valence-electron chi connectivity index (χ2n) is 5.47. The number of hydrogen-bond donors (Lipinski definition) is 1. The molecule has 1 saturated carbocycles. The number of rotatable bonds is 4. The Morgan fingerprint density at radius 3 is 2.61 bits per heavy atom. The molecule has 1 heterocycles. The maximum absolute atomic E-state index is 12.0. The van der Waals surface area contributed by atoms with E-state index in [-0.39, 0.29) is 11.0 Å². The number of anilines is 1. The maximum Gasteiger partial charge on any atom is 0.268 e. The van der Waals surface area contributed by atoms with Crippen molar-refractivity contribution >= 4 is 18.3 Å². The zero-order valence-electron chi connectivity index (χ0n) is 11.1. The summed E-state index contributed by atoms with van der Waals surface area (Å²) >= 11 is 4.47. The molecular formula is C13H21N3OS. The molecule has 18 heavy (non-hydrogen) atoms. The van der Waals surface area contributed by atoms with E-state index in [1.807, 2.05) is 19.0 Å². The lowest BCUT2D eigenvalue weighted by Gasteiger charge is -2.27. The van der Waals surface area contributed by atoms with Gasteiger partial charge in [0.1, 0.15) is 0 Å². The van der Waals surface area contributed by atoms with E-state index in [1.54, 1.807) is 16.9 Å². The SMILES string of the molecule is CN(C)c1cnn(CC2(CS)CCCC2)c(=O)c1. The molecule has 0 unspecified atom stereocenters. The van der Waals surface area contributed by atoms with Gasteiger partial charge < -0.3 is 4.90 Å². The van der Waals surface area contributed by atoms with Crippen molar-refractivity contribution in [3.63, 3.8) is 0 Å². The standard InChI is InChI=1S/C13H21N3OS/c1-15(2)11-7-12(17)16(14-8-11)9-13(10-18)5-3-4-6-13/h7-8,18H,3-6,9-10H2,1-2H3. The van der Waals surface area contributed by atoms with E-state index in [0.29, 0.717) is 6.54 Å². The lowest BCUT2D eigenvalue weighted by molar-refractivity contribution is 0.270. The molecule has 0 radical (unpaired) electrons. The smallest absolute Gasteiger partial charge is 0.268 e. The summed E-state index contributed by atoms with van der Waals surface area (Å²) in [7, 11) is 3.82. The summed E-state index contributed by atoms with van der Waals surface area (Å²) in [6.45, 7) is 0.697. The van der Waals surface area contributed by atoms with Gasteiger partial charge in [-0.3, -0.25) is 4.79 Å². The molecule has 1 fully saturated rings. The van der Waals surface area contributed by atoms with E-state index in [4.69, 9.17) is 0 Å². The van der Waals surface area contributed by atoms with Crippen LogP contribution in [-0.2, 0) is 6.54 Å². The molecule has 0 N–H and O–H groups in total. The minimum absolute atomic E-state index is 0.0192. The van der Waals surface area contributed by atoms with Crippen LogP contribution in [0, 0.1) is 5.41 Å². The molecule has 5 heteroatoms. The molecular weight excluding hydrogens is 246 g/mol.